The molecule has 1 aliphatic rings. The molecule has 1 saturated carbocycles. The summed E-state index contributed by atoms with van der Waals surface area (Å²) in [5, 5.41) is 4.94. The van der Waals surface area contributed by atoms with Crippen molar-refractivity contribution in [2.75, 3.05) is 7.11 Å². The van der Waals surface area contributed by atoms with Crippen LogP contribution in [0.2, 0.25) is 5.02 Å². The fraction of sp³-hybridized carbons (Fsp3) is 0.400. The Morgan fingerprint density at radius 2 is 2.10 bits per heavy atom. The third-order valence-electron chi connectivity index (χ3n) is 3.54. The zero-order chi connectivity index (χ0) is 13.9. The second-order valence-electron chi connectivity index (χ2n) is 5.17. The molecule has 1 aromatic heterocycles. The van der Waals surface area contributed by atoms with Crippen molar-refractivity contribution in [1.29, 1.82) is 0 Å². The van der Waals surface area contributed by atoms with E-state index < -0.39 is 0 Å². The van der Waals surface area contributed by atoms with E-state index in [2.05, 4.69) is 22.1 Å². The van der Waals surface area contributed by atoms with Gasteiger partial charge in [0.05, 0.1) is 25.0 Å². The summed E-state index contributed by atoms with van der Waals surface area (Å²) >= 11 is 5.92. The predicted octanol–water partition coefficient (Wildman–Crippen LogP) is 3.17. The van der Waals surface area contributed by atoms with Crippen LogP contribution in [0.3, 0.4) is 0 Å². The predicted molar refractivity (Wildman–Crippen MR) is 78.8 cm³/mol. The fourth-order valence-corrected chi connectivity index (χ4v) is 2.46. The number of rotatable bonds is 6. The van der Waals surface area contributed by atoms with E-state index in [-0.39, 0.29) is 0 Å². The van der Waals surface area contributed by atoms with Gasteiger partial charge in [-0.25, -0.2) is 0 Å². The summed E-state index contributed by atoms with van der Waals surface area (Å²) < 4.78 is 7.08. The molecule has 0 radical (unpaired) electrons. The molecule has 1 fully saturated rings. The minimum Gasteiger partial charge on any atom is -0.497 e. The molecule has 0 N–H and O–H groups in total. The monoisotopic (exact) mass is 291 g/mol. The number of hydrogen-bond acceptors (Lipinski definition) is 3. The van der Waals surface area contributed by atoms with Gasteiger partial charge in [-0.15, -0.1) is 0 Å². The first-order valence-electron chi connectivity index (χ1n) is 6.79. The smallest absolute Gasteiger partial charge is 0.118 e. The van der Waals surface area contributed by atoms with Crippen LogP contribution in [-0.4, -0.2) is 27.8 Å². The second kappa shape index (κ2) is 5.85. The van der Waals surface area contributed by atoms with Crippen molar-refractivity contribution in [2.24, 2.45) is 0 Å². The Hall–Kier alpha value is -1.52. The zero-order valence-electron chi connectivity index (χ0n) is 11.5. The van der Waals surface area contributed by atoms with E-state index in [4.69, 9.17) is 16.3 Å². The van der Waals surface area contributed by atoms with Gasteiger partial charge in [0.25, 0.3) is 0 Å². The average molecular weight is 292 g/mol. The summed E-state index contributed by atoms with van der Waals surface area (Å²) in [6.45, 7) is 1.70. The lowest BCUT2D eigenvalue weighted by Gasteiger charge is -2.22. The van der Waals surface area contributed by atoms with Gasteiger partial charge in [-0.1, -0.05) is 23.7 Å². The van der Waals surface area contributed by atoms with Gasteiger partial charge in [0.1, 0.15) is 5.75 Å². The number of methoxy groups -OCH3 is 1. The molecular formula is C15H18ClN3O. The van der Waals surface area contributed by atoms with Crippen LogP contribution in [0.15, 0.2) is 36.7 Å². The average Bonchev–Trinajstić information content (AvgIpc) is 3.23. The topological polar surface area (TPSA) is 30.3 Å². The maximum absolute atomic E-state index is 5.92. The van der Waals surface area contributed by atoms with Gasteiger partial charge in [-0.05, 0) is 30.5 Å². The van der Waals surface area contributed by atoms with Crippen LogP contribution in [0.4, 0.5) is 0 Å². The molecule has 0 atom stereocenters. The number of halogens is 1. The molecule has 1 heterocycles. The summed E-state index contributed by atoms with van der Waals surface area (Å²) in [7, 11) is 1.69. The molecule has 106 valence electrons. The lowest BCUT2D eigenvalue weighted by Crippen LogP contribution is -2.28. The lowest BCUT2D eigenvalue weighted by molar-refractivity contribution is 0.188. The molecule has 4 nitrogen and oxygen atoms in total. The molecule has 0 aliphatic heterocycles. The zero-order valence-corrected chi connectivity index (χ0v) is 12.3. The van der Waals surface area contributed by atoms with Gasteiger partial charge in [-0.2, -0.15) is 5.10 Å². The lowest BCUT2D eigenvalue weighted by atomic mass is 10.2. The summed E-state index contributed by atoms with van der Waals surface area (Å²) in [5.41, 5.74) is 1.29. The highest BCUT2D eigenvalue weighted by Crippen LogP contribution is 2.29. The van der Waals surface area contributed by atoms with E-state index in [1.54, 1.807) is 13.3 Å². The van der Waals surface area contributed by atoms with E-state index in [0.717, 1.165) is 19.0 Å². The summed E-state index contributed by atoms with van der Waals surface area (Å²) in [6, 6.07) is 8.91. The Kier molecular flexibility index (Phi) is 3.94. The molecule has 5 heteroatoms. The molecule has 0 saturated heterocycles. The second-order valence-corrected chi connectivity index (χ2v) is 5.60. The van der Waals surface area contributed by atoms with Crippen molar-refractivity contribution in [1.82, 2.24) is 14.7 Å². The third-order valence-corrected chi connectivity index (χ3v) is 3.73. The molecular weight excluding hydrogens is 274 g/mol. The number of nitrogens with zero attached hydrogens (tertiary/aromatic N) is 3. The van der Waals surface area contributed by atoms with Crippen LogP contribution < -0.4 is 4.74 Å². The molecule has 20 heavy (non-hydrogen) atoms. The van der Waals surface area contributed by atoms with Crippen molar-refractivity contribution >= 4 is 11.6 Å². The largest absolute Gasteiger partial charge is 0.497 e. The Morgan fingerprint density at radius 1 is 1.35 bits per heavy atom. The van der Waals surface area contributed by atoms with Crippen molar-refractivity contribution in [3.05, 3.63) is 47.2 Å². The van der Waals surface area contributed by atoms with E-state index in [1.807, 2.05) is 23.0 Å². The SMILES string of the molecule is COc1ccc(CN(Cn2cc(Cl)cn2)C2CC2)cc1. The van der Waals surface area contributed by atoms with Crippen LogP contribution in [0.25, 0.3) is 0 Å². The normalized spacial score (nSPS) is 14.8. The Labute approximate surface area is 123 Å². The van der Waals surface area contributed by atoms with Gasteiger partial charge in [0.2, 0.25) is 0 Å². The molecule has 2 aromatic rings. The van der Waals surface area contributed by atoms with E-state index in [0.29, 0.717) is 11.1 Å². The van der Waals surface area contributed by atoms with Gasteiger partial charge in [0, 0.05) is 18.8 Å². The minimum absolute atomic E-state index is 0.667. The maximum atomic E-state index is 5.92. The number of aromatic nitrogens is 2. The Balaban J connectivity index is 1.67. The first-order chi connectivity index (χ1) is 9.74. The van der Waals surface area contributed by atoms with Crippen molar-refractivity contribution in [3.8, 4) is 5.75 Å². The third kappa shape index (κ3) is 3.32. The van der Waals surface area contributed by atoms with Crippen LogP contribution >= 0.6 is 11.6 Å². The van der Waals surface area contributed by atoms with Crippen molar-refractivity contribution in [2.45, 2.75) is 32.1 Å². The summed E-state index contributed by atoms with van der Waals surface area (Å²) in [6.07, 6.45) is 6.08. The maximum Gasteiger partial charge on any atom is 0.118 e. The first kappa shape index (κ1) is 13.5. The van der Waals surface area contributed by atoms with Crippen LogP contribution in [0.1, 0.15) is 18.4 Å². The fourth-order valence-electron chi connectivity index (χ4n) is 2.30. The first-order valence-corrected chi connectivity index (χ1v) is 7.17. The van der Waals surface area contributed by atoms with Crippen molar-refractivity contribution < 1.29 is 4.74 Å². The van der Waals surface area contributed by atoms with Crippen molar-refractivity contribution in [3.63, 3.8) is 0 Å². The number of benzene rings is 1. The molecule has 3 rings (SSSR count). The summed E-state index contributed by atoms with van der Waals surface area (Å²) in [4.78, 5) is 2.44. The number of hydrogen-bond donors (Lipinski definition) is 0. The van der Waals surface area contributed by atoms with Gasteiger partial charge in [0.15, 0.2) is 0 Å². The minimum atomic E-state index is 0.667. The standard InChI is InChI=1S/C15H18ClN3O/c1-20-15-6-2-12(3-7-15)9-18(14-4-5-14)11-19-10-13(16)8-17-19/h2-3,6-8,10,14H,4-5,9,11H2,1H3. The quantitative estimate of drug-likeness (QED) is 0.819. The van der Waals surface area contributed by atoms with Gasteiger partial charge in [-0.3, -0.25) is 9.58 Å². The summed E-state index contributed by atoms with van der Waals surface area (Å²) in [5.74, 6) is 0.894. The Bertz CT molecular complexity index is 563. The van der Waals surface area contributed by atoms with Gasteiger partial charge >= 0.3 is 0 Å². The Morgan fingerprint density at radius 3 is 2.65 bits per heavy atom. The highest BCUT2D eigenvalue weighted by molar-refractivity contribution is 6.30. The highest BCUT2D eigenvalue weighted by Gasteiger charge is 2.29. The number of ether oxygens (including phenoxy) is 1. The van der Waals surface area contributed by atoms with E-state index in [9.17, 15) is 0 Å². The molecule has 1 aromatic carbocycles. The molecule has 1 aliphatic carbocycles. The van der Waals surface area contributed by atoms with E-state index >= 15 is 0 Å². The molecule has 0 spiro atoms. The highest BCUT2D eigenvalue weighted by atomic mass is 35.5. The molecule has 0 unspecified atom stereocenters. The van der Waals surface area contributed by atoms with Gasteiger partial charge < -0.3 is 4.74 Å². The van der Waals surface area contributed by atoms with Crippen LogP contribution in [0, 0.1) is 0 Å². The van der Waals surface area contributed by atoms with Crippen LogP contribution in [-0.2, 0) is 13.2 Å². The molecule has 0 amide bonds. The van der Waals surface area contributed by atoms with Crippen LogP contribution in [0.5, 0.6) is 5.75 Å². The molecule has 0 bridgehead atoms. The van der Waals surface area contributed by atoms with E-state index in [1.165, 1.54) is 18.4 Å².